The highest BCUT2D eigenvalue weighted by Crippen LogP contribution is 2.33. The fourth-order valence-corrected chi connectivity index (χ4v) is 3.37. The van der Waals surface area contributed by atoms with E-state index >= 15 is 0 Å². The van der Waals surface area contributed by atoms with Crippen LogP contribution in [-0.4, -0.2) is 24.5 Å². The van der Waals surface area contributed by atoms with Crippen molar-refractivity contribution in [2.75, 3.05) is 11.4 Å². The van der Waals surface area contributed by atoms with Gasteiger partial charge in [-0.2, -0.15) is 0 Å². The second-order valence-corrected chi connectivity index (χ2v) is 6.94. The average molecular weight is 386 g/mol. The maximum absolute atomic E-state index is 13.0. The summed E-state index contributed by atoms with van der Waals surface area (Å²) in [5.74, 6) is 0.244. The molecule has 5 nitrogen and oxygen atoms in total. The Morgan fingerprint density at radius 3 is 2.21 bits per heavy atom. The summed E-state index contributed by atoms with van der Waals surface area (Å²) in [4.78, 5) is 27.4. The second-order valence-electron chi connectivity index (χ2n) is 6.94. The summed E-state index contributed by atoms with van der Waals surface area (Å²) in [5.41, 5.74) is 2.64. The molecule has 1 N–H and O–H groups in total. The van der Waals surface area contributed by atoms with Gasteiger partial charge in [0.1, 0.15) is 5.75 Å². The third-order valence-corrected chi connectivity index (χ3v) is 4.87. The van der Waals surface area contributed by atoms with Crippen LogP contribution in [0.3, 0.4) is 0 Å². The lowest BCUT2D eigenvalue weighted by atomic mass is 10.1. The number of benzene rings is 3. The van der Waals surface area contributed by atoms with Gasteiger partial charge in [0, 0.05) is 6.54 Å². The zero-order valence-electron chi connectivity index (χ0n) is 16.0. The Labute approximate surface area is 169 Å². The van der Waals surface area contributed by atoms with E-state index in [-0.39, 0.29) is 24.8 Å². The number of fused-ring (bicyclic) bond motifs is 1. The summed E-state index contributed by atoms with van der Waals surface area (Å²) in [6.07, 6.45) is -0.485. The van der Waals surface area contributed by atoms with Gasteiger partial charge in [0.15, 0.2) is 6.10 Å². The van der Waals surface area contributed by atoms with Crippen molar-refractivity contribution in [2.24, 2.45) is 0 Å². The first-order chi connectivity index (χ1) is 14.2. The Hall–Kier alpha value is -3.60. The first-order valence-corrected chi connectivity index (χ1v) is 9.62. The highest BCUT2D eigenvalue weighted by Gasteiger charge is 2.33. The van der Waals surface area contributed by atoms with E-state index in [1.807, 2.05) is 78.9 Å². The molecule has 3 aromatic rings. The molecule has 5 heteroatoms. The van der Waals surface area contributed by atoms with Gasteiger partial charge in [-0.25, -0.2) is 0 Å². The third-order valence-electron chi connectivity index (χ3n) is 4.87. The fourth-order valence-electron chi connectivity index (χ4n) is 3.37. The van der Waals surface area contributed by atoms with Crippen molar-refractivity contribution in [3.05, 3.63) is 96.1 Å². The molecular formula is C24H22N2O3. The third kappa shape index (κ3) is 4.46. The van der Waals surface area contributed by atoms with Gasteiger partial charge in [0.2, 0.25) is 5.91 Å². The lowest BCUT2D eigenvalue weighted by Crippen LogP contribution is -2.51. The predicted octanol–water partition coefficient (Wildman–Crippen LogP) is 3.34. The maximum atomic E-state index is 13.0. The number of hydrogen-bond donors (Lipinski definition) is 1. The number of ether oxygens (including phenoxy) is 1. The monoisotopic (exact) mass is 386 g/mol. The molecule has 4 rings (SSSR count). The zero-order valence-corrected chi connectivity index (χ0v) is 16.0. The van der Waals surface area contributed by atoms with Gasteiger partial charge in [-0.1, -0.05) is 72.8 Å². The van der Waals surface area contributed by atoms with E-state index < -0.39 is 6.10 Å². The van der Waals surface area contributed by atoms with Crippen molar-refractivity contribution >= 4 is 17.5 Å². The number of anilines is 1. The Kier molecular flexibility index (Phi) is 5.56. The van der Waals surface area contributed by atoms with Crippen molar-refractivity contribution in [1.29, 1.82) is 0 Å². The van der Waals surface area contributed by atoms with Gasteiger partial charge in [-0.05, 0) is 23.3 Å². The lowest BCUT2D eigenvalue weighted by molar-refractivity contribution is -0.128. The van der Waals surface area contributed by atoms with Crippen LogP contribution >= 0.6 is 0 Å². The number of nitrogens with one attached hydrogen (secondary N) is 1. The van der Waals surface area contributed by atoms with Gasteiger partial charge in [0.25, 0.3) is 5.91 Å². The Balaban J connectivity index is 1.49. The molecule has 0 saturated carbocycles. The molecule has 0 saturated heterocycles. The minimum Gasteiger partial charge on any atom is -0.477 e. The van der Waals surface area contributed by atoms with Gasteiger partial charge >= 0.3 is 0 Å². The second kappa shape index (κ2) is 8.61. The van der Waals surface area contributed by atoms with Crippen LogP contribution in [-0.2, 0) is 22.6 Å². The zero-order chi connectivity index (χ0) is 20.1. The highest BCUT2D eigenvalue weighted by molar-refractivity contribution is 5.98. The van der Waals surface area contributed by atoms with Crippen LogP contribution in [0.15, 0.2) is 84.9 Å². The number of para-hydroxylation sites is 2. The molecule has 0 unspecified atom stereocenters. The Morgan fingerprint density at radius 2 is 1.48 bits per heavy atom. The quantitative estimate of drug-likeness (QED) is 0.732. The molecule has 2 amide bonds. The van der Waals surface area contributed by atoms with Crippen LogP contribution in [0.25, 0.3) is 0 Å². The summed E-state index contributed by atoms with van der Waals surface area (Å²) < 4.78 is 5.91. The minimum atomic E-state index is -0.756. The average Bonchev–Trinajstić information content (AvgIpc) is 2.78. The molecule has 0 fully saturated rings. The fraction of sp³-hybridized carbons (Fsp3) is 0.167. The molecule has 0 aromatic heterocycles. The number of rotatable bonds is 5. The summed E-state index contributed by atoms with van der Waals surface area (Å²) >= 11 is 0. The summed E-state index contributed by atoms with van der Waals surface area (Å²) in [6.45, 7) is 0.600. The summed E-state index contributed by atoms with van der Waals surface area (Å²) in [6, 6.07) is 26.6. The first kappa shape index (κ1) is 18.7. The van der Waals surface area contributed by atoms with Gasteiger partial charge in [0.05, 0.1) is 18.7 Å². The minimum absolute atomic E-state index is 0.0622. The molecule has 0 bridgehead atoms. The largest absolute Gasteiger partial charge is 0.477 e. The molecule has 1 atom stereocenters. The molecule has 1 heterocycles. The van der Waals surface area contributed by atoms with E-state index in [1.54, 1.807) is 11.0 Å². The molecule has 0 aliphatic carbocycles. The van der Waals surface area contributed by atoms with Crippen LogP contribution in [0, 0.1) is 0 Å². The number of carbonyl (C=O) groups excluding carboxylic acids is 2. The maximum Gasteiger partial charge on any atom is 0.263 e. The highest BCUT2D eigenvalue weighted by atomic mass is 16.5. The Morgan fingerprint density at radius 1 is 0.862 bits per heavy atom. The molecule has 146 valence electrons. The van der Waals surface area contributed by atoms with Gasteiger partial charge in [-0.15, -0.1) is 0 Å². The molecule has 1 aliphatic heterocycles. The van der Waals surface area contributed by atoms with Gasteiger partial charge in [-0.3, -0.25) is 9.59 Å². The molecule has 3 aromatic carbocycles. The number of hydrogen-bond acceptors (Lipinski definition) is 3. The van der Waals surface area contributed by atoms with Crippen LogP contribution in [0.4, 0.5) is 5.69 Å². The molecule has 0 spiro atoms. The van der Waals surface area contributed by atoms with E-state index in [0.717, 1.165) is 11.1 Å². The SMILES string of the molecule is O=C(NCc1ccccc1)[C@H]1CN(C(=O)Cc2ccccc2)c2ccccc2O1. The van der Waals surface area contributed by atoms with Crippen molar-refractivity contribution in [2.45, 2.75) is 19.1 Å². The van der Waals surface area contributed by atoms with Crippen LogP contribution in [0.5, 0.6) is 5.75 Å². The van der Waals surface area contributed by atoms with Crippen molar-refractivity contribution in [1.82, 2.24) is 5.32 Å². The van der Waals surface area contributed by atoms with Gasteiger partial charge < -0.3 is 15.0 Å². The van der Waals surface area contributed by atoms with Crippen LogP contribution < -0.4 is 15.0 Å². The standard InChI is InChI=1S/C24H22N2O3/c27-23(15-18-9-3-1-4-10-18)26-17-22(29-21-14-8-7-13-20(21)26)24(28)25-16-19-11-5-2-6-12-19/h1-14,22H,15-17H2,(H,25,28)/t22-/m1/s1. The van der Waals surface area contributed by atoms with E-state index in [2.05, 4.69) is 5.32 Å². The van der Waals surface area contributed by atoms with Crippen LogP contribution in [0.2, 0.25) is 0 Å². The summed E-state index contributed by atoms with van der Waals surface area (Å²) in [5, 5.41) is 2.91. The van der Waals surface area contributed by atoms with E-state index in [9.17, 15) is 9.59 Å². The van der Waals surface area contributed by atoms with E-state index in [0.29, 0.717) is 18.0 Å². The summed E-state index contributed by atoms with van der Waals surface area (Å²) in [7, 11) is 0. The molecular weight excluding hydrogens is 364 g/mol. The van der Waals surface area contributed by atoms with Crippen molar-refractivity contribution in [3.63, 3.8) is 0 Å². The molecule has 29 heavy (non-hydrogen) atoms. The van der Waals surface area contributed by atoms with E-state index in [1.165, 1.54) is 0 Å². The normalized spacial score (nSPS) is 15.2. The smallest absolute Gasteiger partial charge is 0.263 e. The van der Waals surface area contributed by atoms with Crippen LogP contribution in [0.1, 0.15) is 11.1 Å². The number of amides is 2. The Bertz CT molecular complexity index is 989. The topological polar surface area (TPSA) is 58.6 Å². The van der Waals surface area contributed by atoms with E-state index in [4.69, 9.17) is 4.74 Å². The van der Waals surface area contributed by atoms with Crippen molar-refractivity contribution < 1.29 is 14.3 Å². The number of carbonyl (C=O) groups is 2. The molecule has 1 aliphatic rings. The predicted molar refractivity (Wildman–Crippen MR) is 112 cm³/mol. The lowest BCUT2D eigenvalue weighted by Gasteiger charge is -2.34. The molecule has 0 radical (unpaired) electrons. The number of nitrogens with zero attached hydrogens (tertiary/aromatic N) is 1. The van der Waals surface area contributed by atoms with Crippen molar-refractivity contribution in [3.8, 4) is 5.75 Å². The first-order valence-electron chi connectivity index (χ1n) is 9.62.